The summed E-state index contributed by atoms with van der Waals surface area (Å²) >= 11 is 2.23. The summed E-state index contributed by atoms with van der Waals surface area (Å²) in [6.45, 7) is 1.98. The van der Waals surface area contributed by atoms with Gasteiger partial charge < -0.3 is 5.73 Å². The molecule has 6 heteroatoms. The smallest absolute Gasteiger partial charge is 0.201 e. The summed E-state index contributed by atoms with van der Waals surface area (Å²) in [6.07, 6.45) is 0. The molecule has 0 heterocycles. The summed E-state index contributed by atoms with van der Waals surface area (Å²) in [7, 11) is 0. The molecule has 0 spiro atoms. The van der Waals surface area contributed by atoms with Crippen LogP contribution in [0.1, 0.15) is 5.56 Å². The summed E-state index contributed by atoms with van der Waals surface area (Å²) in [5.41, 5.74) is 9.58. The molecule has 0 radical (unpaired) electrons. The van der Waals surface area contributed by atoms with Gasteiger partial charge in [0.15, 0.2) is 5.84 Å². The van der Waals surface area contributed by atoms with Crippen molar-refractivity contribution >= 4 is 39.8 Å². The Hall–Kier alpha value is -1.62. The van der Waals surface area contributed by atoms with Gasteiger partial charge in [0.2, 0.25) is 5.71 Å². The van der Waals surface area contributed by atoms with E-state index in [1.54, 1.807) is 6.07 Å². The lowest BCUT2D eigenvalue weighted by Gasteiger charge is -2.03. The monoisotopic (exact) mass is 327 g/mol. The highest BCUT2D eigenvalue weighted by Crippen LogP contribution is 2.16. The van der Waals surface area contributed by atoms with Crippen LogP contribution in [0.5, 0.6) is 0 Å². The first-order valence-electron chi connectivity index (χ1n) is 4.39. The maximum Gasteiger partial charge on any atom is 0.201 e. The number of aryl methyl sites for hydroxylation is 1. The molecule has 0 aromatic heterocycles. The third-order valence-electron chi connectivity index (χ3n) is 1.82. The minimum absolute atomic E-state index is 0.129. The number of hydrogen-bond acceptors (Lipinski definition) is 4. The maximum absolute atomic E-state index is 8.63. The zero-order valence-electron chi connectivity index (χ0n) is 8.58. The van der Waals surface area contributed by atoms with Gasteiger partial charge in [-0.25, -0.2) is 0 Å². The predicted molar refractivity (Wildman–Crippen MR) is 72.5 cm³/mol. The van der Waals surface area contributed by atoms with Gasteiger partial charge in [0, 0.05) is 3.57 Å². The molecule has 0 atom stereocenters. The molecule has 0 aliphatic rings. The van der Waals surface area contributed by atoms with Gasteiger partial charge >= 0.3 is 0 Å². The minimum Gasteiger partial charge on any atom is -0.382 e. The second-order valence-electron chi connectivity index (χ2n) is 3.06. The van der Waals surface area contributed by atoms with Crippen LogP contribution >= 0.6 is 22.6 Å². The number of hydrogen-bond donors (Lipinski definition) is 3. The van der Waals surface area contributed by atoms with Gasteiger partial charge in [-0.05, 0) is 53.3 Å². The van der Waals surface area contributed by atoms with E-state index in [-0.39, 0.29) is 11.5 Å². The van der Waals surface area contributed by atoms with Crippen LogP contribution in [0.15, 0.2) is 23.3 Å². The van der Waals surface area contributed by atoms with Gasteiger partial charge in [0.1, 0.15) is 6.07 Å². The van der Waals surface area contributed by atoms with Gasteiger partial charge in [-0.2, -0.15) is 10.4 Å². The Morgan fingerprint density at radius 2 is 2.31 bits per heavy atom. The fourth-order valence-electron chi connectivity index (χ4n) is 0.980. The van der Waals surface area contributed by atoms with Crippen LogP contribution < -0.4 is 11.2 Å². The van der Waals surface area contributed by atoms with Crippen molar-refractivity contribution in [3.8, 4) is 6.07 Å². The number of nitrogens with zero attached hydrogens (tertiary/aromatic N) is 2. The van der Waals surface area contributed by atoms with Crippen molar-refractivity contribution in [1.29, 1.82) is 10.7 Å². The van der Waals surface area contributed by atoms with Crippen LogP contribution in [0.25, 0.3) is 0 Å². The minimum atomic E-state index is -0.350. The number of anilines is 1. The van der Waals surface area contributed by atoms with E-state index in [4.69, 9.17) is 16.4 Å². The van der Waals surface area contributed by atoms with Crippen molar-refractivity contribution < 1.29 is 0 Å². The van der Waals surface area contributed by atoms with Gasteiger partial charge in [-0.3, -0.25) is 10.8 Å². The maximum atomic E-state index is 8.63. The Morgan fingerprint density at radius 1 is 1.62 bits per heavy atom. The first-order valence-corrected chi connectivity index (χ1v) is 5.47. The van der Waals surface area contributed by atoms with E-state index >= 15 is 0 Å². The molecule has 16 heavy (non-hydrogen) atoms. The molecule has 0 aliphatic heterocycles. The normalized spacial score (nSPS) is 10.7. The van der Waals surface area contributed by atoms with E-state index < -0.39 is 0 Å². The fourth-order valence-corrected chi connectivity index (χ4v) is 1.32. The van der Waals surface area contributed by atoms with Crippen LogP contribution in [0.3, 0.4) is 0 Å². The summed E-state index contributed by atoms with van der Waals surface area (Å²) in [5.74, 6) is -0.350. The first-order chi connectivity index (χ1) is 7.54. The molecule has 1 aromatic rings. The van der Waals surface area contributed by atoms with Crippen molar-refractivity contribution in [3.63, 3.8) is 0 Å². The Balaban J connectivity index is 2.86. The molecule has 1 rings (SSSR count). The zero-order valence-corrected chi connectivity index (χ0v) is 10.7. The van der Waals surface area contributed by atoms with E-state index in [0.717, 1.165) is 14.8 Å². The van der Waals surface area contributed by atoms with Crippen LogP contribution in [0, 0.1) is 27.2 Å². The molecule has 1 aromatic carbocycles. The lowest BCUT2D eigenvalue weighted by molar-refractivity contribution is 1.31. The highest BCUT2D eigenvalue weighted by atomic mass is 127. The number of halogens is 1. The highest BCUT2D eigenvalue weighted by molar-refractivity contribution is 14.1. The number of nitrogens with two attached hydrogens (primary N) is 1. The standard InChI is InChI=1S/C10H10IN5/c1-6-4-7(2-3-8(6)11)15-16-9(5-12)10(13)14/h2-4,15H,1H3,(H3,13,14)/b16-9+. The number of amidine groups is 1. The highest BCUT2D eigenvalue weighted by Gasteiger charge is 2.01. The van der Waals surface area contributed by atoms with E-state index in [9.17, 15) is 0 Å². The first kappa shape index (κ1) is 12.4. The number of hydrazone groups is 1. The number of nitrogens with one attached hydrogen (secondary N) is 2. The topological polar surface area (TPSA) is 98.0 Å². The van der Waals surface area contributed by atoms with Crippen LogP contribution in [-0.2, 0) is 0 Å². The third kappa shape index (κ3) is 3.20. The van der Waals surface area contributed by atoms with Crippen LogP contribution in [0.4, 0.5) is 5.69 Å². The van der Waals surface area contributed by atoms with Crippen molar-refractivity contribution in [1.82, 2.24) is 0 Å². The summed E-state index contributed by atoms with van der Waals surface area (Å²) in [5, 5.41) is 19.4. The van der Waals surface area contributed by atoms with Gasteiger partial charge in [-0.1, -0.05) is 0 Å². The van der Waals surface area contributed by atoms with Gasteiger partial charge in [0.05, 0.1) is 5.69 Å². The van der Waals surface area contributed by atoms with E-state index in [0.29, 0.717) is 0 Å². The predicted octanol–water partition coefficient (Wildman–Crippen LogP) is 1.83. The quantitative estimate of drug-likeness (QED) is 0.342. The Labute approximate surface area is 107 Å². The molecule has 82 valence electrons. The van der Waals surface area contributed by atoms with E-state index in [1.807, 2.05) is 25.1 Å². The SMILES string of the molecule is Cc1cc(N/N=C(\C#N)C(=N)N)ccc1I. The second kappa shape index (κ2) is 5.46. The summed E-state index contributed by atoms with van der Waals surface area (Å²) in [6, 6.07) is 7.42. The molecule has 0 amide bonds. The summed E-state index contributed by atoms with van der Waals surface area (Å²) in [4.78, 5) is 0. The van der Waals surface area contributed by atoms with Crippen LogP contribution in [-0.4, -0.2) is 11.5 Å². The summed E-state index contributed by atoms with van der Waals surface area (Å²) < 4.78 is 1.15. The fraction of sp³-hybridized carbons (Fsp3) is 0.100. The average molecular weight is 327 g/mol. The lowest BCUT2D eigenvalue weighted by atomic mass is 10.2. The van der Waals surface area contributed by atoms with E-state index in [1.165, 1.54) is 0 Å². The molecule has 0 aliphatic carbocycles. The molecular formula is C10H10IN5. The van der Waals surface area contributed by atoms with Crippen molar-refractivity contribution in [2.45, 2.75) is 6.92 Å². The molecule has 5 nitrogen and oxygen atoms in total. The number of benzene rings is 1. The average Bonchev–Trinajstić information content (AvgIpc) is 2.23. The Kier molecular flexibility index (Phi) is 4.25. The Bertz CT molecular complexity index is 486. The molecule has 0 bridgehead atoms. The van der Waals surface area contributed by atoms with E-state index in [2.05, 4.69) is 33.1 Å². The van der Waals surface area contributed by atoms with Crippen LogP contribution in [0.2, 0.25) is 0 Å². The molecule has 0 saturated carbocycles. The van der Waals surface area contributed by atoms with Gasteiger partial charge in [0.25, 0.3) is 0 Å². The Morgan fingerprint density at radius 3 is 2.81 bits per heavy atom. The number of rotatable bonds is 3. The molecular weight excluding hydrogens is 317 g/mol. The lowest BCUT2D eigenvalue weighted by Crippen LogP contribution is -2.21. The third-order valence-corrected chi connectivity index (χ3v) is 3.03. The zero-order chi connectivity index (χ0) is 12.1. The van der Waals surface area contributed by atoms with Crippen molar-refractivity contribution in [3.05, 3.63) is 27.3 Å². The molecule has 0 fully saturated rings. The molecule has 0 saturated heterocycles. The van der Waals surface area contributed by atoms with Crippen molar-refractivity contribution in [2.24, 2.45) is 10.8 Å². The van der Waals surface area contributed by atoms with Crippen molar-refractivity contribution in [2.75, 3.05) is 5.43 Å². The molecule has 0 unspecified atom stereocenters. The molecule has 4 N–H and O–H groups in total. The number of nitriles is 1. The van der Waals surface area contributed by atoms with Gasteiger partial charge in [-0.15, -0.1) is 0 Å². The largest absolute Gasteiger partial charge is 0.382 e. The second-order valence-corrected chi connectivity index (χ2v) is 4.22.